The molecule has 2 aliphatic rings. The lowest BCUT2D eigenvalue weighted by atomic mass is 10.3. The van der Waals surface area contributed by atoms with Gasteiger partial charge in [0.25, 0.3) is 0 Å². The van der Waals surface area contributed by atoms with Crippen molar-refractivity contribution in [3.8, 4) is 0 Å². The van der Waals surface area contributed by atoms with Gasteiger partial charge in [0.1, 0.15) is 26.9 Å². The lowest BCUT2D eigenvalue weighted by molar-refractivity contribution is -0.0269. The van der Waals surface area contributed by atoms with E-state index in [4.69, 9.17) is 18.9 Å². The van der Waals surface area contributed by atoms with Gasteiger partial charge in [0.15, 0.2) is 12.3 Å². The highest BCUT2D eigenvalue weighted by atomic mass is 16.5. The molecule has 0 aromatic heterocycles. The van der Waals surface area contributed by atoms with Crippen LogP contribution >= 0.6 is 0 Å². The first-order valence-corrected chi connectivity index (χ1v) is 9.90. The van der Waals surface area contributed by atoms with Gasteiger partial charge in [0.2, 0.25) is 0 Å². The first-order valence-electron chi connectivity index (χ1n) is 9.90. The standard InChI is InChI=1S/C18H34N4O6/c1-5-7-9-27-13-21-15-16(20(12-26-4)17(21)23)22(14-28-10-8-6-2)18(24)19(15)11-25-3/h15-16H,5-14H2,1-4H3. The monoisotopic (exact) mass is 402 g/mol. The molecule has 28 heavy (non-hydrogen) atoms. The largest absolute Gasteiger partial charge is 0.364 e. The van der Waals surface area contributed by atoms with Crippen LogP contribution in [-0.2, 0) is 18.9 Å². The molecule has 0 aromatic carbocycles. The Morgan fingerprint density at radius 3 is 1.36 bits per heavy atom. The zero-order valence-corrected chi connectivity index (χ0v) is 17.5. The van der Waals surface area contributed by atoms with Gasteiger partial charge in [-0.15, -0.1) is 0 Å². The van der Waals surface area contributed by atoms with Crippen molar-refractivity contribution in [1.29, 1.82) is 0 Å². The van der Waals surface area contributed by atoms with Gasteiger partial charge in [-0.25, -0.2) is 9.59 Å². The molecule has 2 fully saturated rings. The van der Waals surface area contributed by atoms with Crippen molar-refractivity contribution in [3.63, 3.8) is 0 Å². The third kappa shape index (κ3) is 4.86. The summed E-state index contributed by atoms with van der Waals surface area (Å²) in [4.78, 5) is 32.2. The zero-order chi connectivity index (χ0) is 20.5. The van der Waals surface area contributed by atoms with Crippen LogP contribution in [0.4, 0.5) is 9.59 Å². The first kappa shape index (κ1) is 22.7. The second kappa shape index (κ2) is 11.4. The van der Waals surface area contributed by atoms with Crippen molar-refractivity contribution in [1.82, 2.24) is 19.6 Å². The highest BCUT2D eigenvalue weighted by molar-refractivity contribution is 5.85. The van der Waals surface area contributed by atoms with Crippen LogP contribution in [0.2, 0.25) is 0 Å². The molecular weight excluding hydrogens is 368 g/mol. The number of nitrogens with zero attached hydrogens (tertiary/aromatic N) is 4. The highest BCUT2D eigenvalue weighted by Gasteiger charge is 2.59. The number of unbranched alkanes of at least 4 members (excludes halogenated alkanes) is 2. The van der Waals surface area contributed by atoms with Crippen LogP contribution in [0.3, 0.4) is 0 Å². The average molecular weight is 402 g/mol. The topological polar surface area (TPSA) is 84.0 Å². The van der Waals surface area contributed by atoms with Crippen LogP contribution in [0.25, 0.3) is 0 Å². The summed E-state index contributed by atoms with van der Waals surface area (Å²) in [6, 6.07) is -0.471. The summed E-state index contributed by atoms with van der Waals surface area (Å²) in [7, 11) is 3.04. The van der Waals surface area contributed by atoms with Gasteiger partial charge in [0, 0.05) is 27.4 Å². The number of amides is 4. The number of rotatable bonds is 14. The summed E-state index contributed by atoms with van der Waals surface area (Å²) in [6.45, 7) is 5.64. The Labute approximate surface area is 167 Å². The van der Waals surface area contributed by atoms with E-state index in [0.29, 0.717) is 13.2 Å². The van der Waals surface area contributed by atoms with Gasteiger partial charge < -0.3 is 18.9 Å². The molecule has 0 radical (unpaired) electrons. The van der Waals surface area contributed by atoms with E-state index in [2.05, 4.69) is 13.8 Å². The molecule has 2 heterocycles. The third-order valence-electron chi connectivity index (χ3n) is 4.81. The van der Waals surface area contributed by atoms with Crippen LogP contribution in [0, 0.1) is 0 Å². The molecule has 2 unspecified atom stereocenters. The second-order valence-electron chi connectivity index (χ2n) is 6.89. The Morgan fingerprint density at radius 2 is 1.04 bits per heavy atom. The van der Waals surface area contributed by atoms with E-state index in [9.17, 15) is 9.59 Å². The normalized spacial score (nSPS) is 22.0. The molecule has 0 spiro atoms. The van der Waals surface area contributed by atoms with Gasteiger partial charge >= 0.3 is 12.1 Å². The third-order valence-corrected chi connectivity index (χ3v) is 4.81. The van der Waals surface area contributed by atoms with E-state index >= 15 is 0 Å². The molecule has 2 atom stereocenters. The maximum atomic E-state index is 13.0. The SMILES string of the molecule is CCCCOCN1C(=O)N(COC)C2C1N(COC)C(=O)N2COCCCC. The van der Waals surface area contributed by atoms with Gasteiger partial charge in [0.05, 0.1) is 0 Å². The minimum atomic E-state index is -0.522. The predicted molar refractivity (Wildman–Crippen MR) is 101 cm³/mol. The smallest absolute Gasteiger partial charge is 0.327 e. The minimum Gasteiger partial charge on any atom is -0.364 e. The fourth-order valence-electron chi connectivity index (χ4n) is 3.39. The zero-order valence-electron chi connectivity index (χ0n) is 17.5. The Kier molecular flexibility index (Phi) is 9.23. The van der Waals surface area contributed by atoms with Crippen molar-refractivity contribution in [2.24, 2.45) is 0 Å². The van der Waals surface area contributed by atoms with E-state index < -0.39 is 12.3 Å². The molecule has 2 aliphatic heterocycles. The molecule has 0 aliphatic carbocycles. The molecule has 162 valence electrons. The van der Waals surface area contributed by atoms with Crippen molar-refractivity contribution in [2.75, 3.05) is 54.4 Å². The maximum absolute atomic E-state index is 13.0. The molecule has 0 saturated carbocycles. The lowest BCUT2D eigenvalue weighted by Gasteiger charge is -2.29. The summed E-state index contributed by atoms with van der Waals surface area (Å²) in [6.07, 6.45) is 2.80. The fourth-order valence-corrected chi connectivity index (χ4v) is 3.39. The molecule has 10 nitrogen and oxygen atoms in total. The summed E-state index contributed by atoms with van der Waals surface area (Å²) >= 11 is 0. The van der Waals surface area contributed by atoms with Crippen molar-refractivity contribution < 1.29 is 28.5 Å². The predicted octanol–water partition coefficient (Wildman–Crippen LogP) is 1.87. The van der Waals surface area contributed by atoms with Crippen molar-refractivity contribution >= 4 is 12.1 Å². The summed E-state index contributed by atoms with van der Waals surface area (Å²) in [5.74, 6) is 0. The van der Waals surface area contributed by atoms with E-state index in [1.807, 2.05) is 0 Å². The van der Waals surface area contributed by atoms with Gasteiger partial charge in [-0.05, 0) is 12.8 Å². The number of ether oxygens (including phenoxy) is 4. The first-order chi connectivity index (χ1) is 13.6. The van der Waals surface area contributed by atoms with Crippen molar-refractivity contribution in [2.45, 2.75) is 51.9 Å². The molecule has 10 heteroatoms. The Bertz CT molecular complexity index is 464. The lowest BCUT2D eigenvalue weighted by Crippen LogP contribution is -2.48. The fraction of sp³-hybridized carbons (Fsp3) is 0.889. The second-order valence-corrected chi connectivity index (χ2v) is 6.89. The molecule has 0 bridgehead atoms. The Balaban J connectivity index is 2.19. The van der Waals surface area contributed by atoms with Gasteiger partial charge in [-0.1, -0.05) is 26.7 Å². The highest BCUT2D eigenvalue weighted by Crippen LogP contribution is 2.34. The van der Waals surface area contributed by atoms with E-state index in [0.717, 1.165) is 25.7 Å². The molecular formula is C18H34N4O6. The van der Waals surface area contributed by atoms with E-state index in [1.165, 1.54) is 24.0 Å². The van der Waals surface area contributed by atoms with Gasteiger partial charge in [-0.3, -0.25) is 19.6 Å². The minimum absolute atomic E-state index is 0.0744. The van der Waals surface area contributed by atoms with Crippen LogP contribution in [0.5, 0.6) is 0 Å². The Hall–Kier alpha value is -1.62. The van der Waals surface area contributed by atoms with Crippen LogP contribution < -0.4 is 0 Å². The number of hydrogen-bond donors (Lipinski definition) is 0. The number of carbonyl (C=O) groups excluding carboxylic acids is 2. The summed E-state index contributed by atoms with van der Waals surface area (Å²) in [5, 5.41) is 0. The van der Waals surface area contributed by atoms with Crippen LogP contribution in [0.1, 0.15) is 39.5 Å². The number of methoxy groups -OCH3 is 2. The number of fused-ring (bicyclic) bond motifs is 1. The maximum Gasteiger partial charge on any atom is 0.327 e. The molecule has 0 N–H and O–H groups in total. The van der Waals surface area contributed by atoms with Gasteiger partial charge in [-0.2, -0.15) is 0 Å². The average Bonchev–Trinajstić information content (AvgIpc) is 3.10. The quantitative estimate of drug-likeness (QED) is 0.413. The van der Waals surface area contributed by atoms with Crippen molar-refractivity contribution in [3.05, 3.63) is 0 Å². The van der Waals surface area contributed by atoms with Crippen LogP contribution in [-0.4, -0.2) is 98.4 Å². The number of carbonyl (C=O) groups is 2. The molecule has 2 rings (SSSR count). The summed E-state index contributed by atoms with van der Waals surface area (Å²) in [5.41, 5.74) is 0. The van der Waals surface area contributed by atoms with E-state index in [1.54, 1.807) is 9.80 Å². The molecule has 2 saturated heterocycles. The number of urea groups is 2. The molecule has 4 amide bonds. The van der Waals surface area contributed by atoms with E-state index in [-0.39, 0.29) is 39.0 Å². The Morgan fingerprint density at radius 1 is 0.679 bits per heavy atom. The van der Waals surface area contributed by atoms with Crippen LogP contribution in [0.15, 0.2) is 0 Å². The molecule has 0 aromatic rings. The summed E-state index contributed by atoms with van der Waals surface area (Å²) < 4.78 is 21.8. The number of hydrogen-bond acceptors (Lipinski definition) is 6.